The molecule has 3 aromatic rings. The second kappa shape index (κ2) is 9.94. The van der Waals surface area contributed by atoms with Gasteiger partial charge in [-0.15, -0.1) is 10.2 Å². The maximum Gasteiger partial charge on any atom is 0.416 e. The summed E-state index contributed by atoms with van der Waals surface area (Å²) in [6.45, 7) is 2.10. The van der Waals surface area contributed by atoms with Crippen molar-refractivity contribution in [2.75, 3.05) is 16.4 Å². The molecule has 0 radical (unpaired) electrons. The molecule has 1 N–H and O–H groups in total. The van der Waals surface area contributed by atoms with E-state index in [-0.39, 0.29) is 47.2 Å². The van der Waals surface area contributed by atoms with Crippen LogP contribution in [0.5, 0.6) is 0 Å². The van der Waals surface area contributed by atoms with Crippen molar-refractivity contribution in [2.45, 2.75) is 63.3 Å². The van der Waals surface area contributed by atoms with E-state index >= 15 is 0 Å². The Balaban J connectivity index is 1.34. The van der Waals surface area contributed by atoms with Gasteiger partial charge < -0.3 is 14.8 Å². The van der Waals surface area contributed by atoms with E-state index < -0.39 is 33.4 Å². The highest BCUT2D eigenvalue weighted by Gasteiger charge is 2.42. The third-order valence-corrected chi connectivity index (χ3v) is 10.7. The Labute approximate surface area is 236 Å². The van der Waals surface area contributed by atoms with Gasteiger partial charge in [0.25, 0.3) is 5.91 Å². The molecule has 6 rings (SSSR count). The topological polar surface area (TPSA) is 97.2 Å². The van der Waals surface area contributed by atoms with Gasteiger partial charge in [0.2, 0.25) is 0 Å². The number of aromatic nitrogens is 3. The van der Waals surface area contributed by atoms with Gasteiger partial charge in [0, 0.05) is 36.3 Å². The molecule has 12 heteroatoms. The lowest BCUT2D eigenvalue weighted by molar-refractivity contribution is -0.138. The van der Waals surface area contributed by atoms with Crippen molar-refractivity contribution in [1.29, 1.82) is 0 Å². The lowest BCUT2D eigenvalue weighted by Gasteiger charge is -2.39. The van der Waals surface area contributed by atoms with Crippen molar-refractivity contribution in [2.24, 2.45) is 13.0 Å². The van der Waals surface area contributed by atoms with Crippen LogP contribution in [0.4, 0.5) is 18.9 Å². The highest BCUT2D eigenvalue weighted by molar-refractivity contribution is 7.91. The van der Waals surface area contributed by atoms with Crippen molar-refractivity contribution >= 4 is 21.4 Å². The zero-order valence-corrected chi connectivity index (χ0v) is 23.7. The molecule has 2 atom stereocenters. The molecule has 2 fully saturated rings. The fourth-order valence-electron chi connectivity index (χ4n) is 6.41. The molecule has 2 aromatic carbocycles. The number of rotatable bonds is 7. The maximum absolute atomic E-state index is 14.2. The average Bonchev–Trinajstić information content (AvgIpc) is 3.58. The van der Waals surface area contributed by atoms with E-state index in [4.69, 9.17) is 0 Å². The normalized spacial score (nSPS) is 22.0. The second-order valence-electron chi connectivity index (χ2n) is 11.9. The fourth-order valence-corrected chi connectivity index (χ4v) is 8.25. The summed E-state index contributed by atoms with van der Waals surface area (Å²) in [5.41, 5.74) is 0.770. The number of hydrogen-bond donors (Lipinski definition) is 1. The summed E-state index contributed by atoms with van der Waals surface area (Å²) in [5, 5.41) is 11.6. The van der Waals surface area contributed by atoms with Crippen LogP contribution in [0.25, 0.3) is 0 Å². The second-order valence-corrected chi connectivity index (χ2v) is 14.1. The van der Waals surface area contributed by atoms with Gasteiger partial charge in [0.05, 0.1) is 23.6 Å². The monoisotopic (exact) mass is 587 g/mol. The first-order chi connectivity index (χ1) is 19.3. The Morgan fingerprint density at radius 3 is 2.59 bits per heavy atom. The van der Waals surface area contributed by atoms with Crippen molar-refractivity contribution in [3.63, 3.8) is 0 Å². The number of benzene rings is 2. The minimum absolute atomic E-state index is 0.00758. The van der Waals surface area contributed by atoms with E-state index in [1.54, 1.807) is 42.2 Å². The minimum atomic E-state index is -4.61. The van der Waals surface area contributed by atoms with Gasteiger partial charge in [-0.25, -0.2) is 8.42 Å². The first-order valence-corrected chi connectivity index (χ1v) is 15.6. The van der Waals surface area contributed by atoms with E-state index in [0.717, 1.165) is 30.9 Å². The number of fused-ring (bicyclic) bond motifs is 1. The molecule has 41 heavy (non-hydrogen) atoms. The summed E-state index contributed by atoms with van der Waals surface area (Å²) < 4.78 is 69.1. The van der Waals surface area contributed by atoms with Crippen LogP contribution in [-0.4, -0.2) is 46.1 Å². The Morgan fingerprint density at radius 1 is 1.20 bits per heavy atom. The molecule has 1 aliphatic carbocycles. The van der Waals surface area contributed by atoms with E-state index in [1.165, 1.54) is 4.90 Å². The van der Waals surface area contributed by atoms with Crippen LogP contribution < -0.4 is 10.2 Å². The van der Waals surface area contributed by atoms with E-state index in [0.29, 0.717) is 23.5 Å². The molecule has 3 aliphatic rings. The number of alkyl halides is 3. The zero-order chi connectivity index (χ0) is 29.2. The van der Waals surface area contributed by atoms with Gasteiger partial charge in [-0.1, -0.05) is 12.1 Å². The van der Waals surface area contributed by atoms with Crippen LogP contribution in [-0.2, 0) is 36.2 Å². The number of sulfone groups is 1. The first-order valence-electron chi connectivity index (χ1n) is 13.8. The van der Waals surface area contributed by atoms with Crippen LogP contribution in [0.15, 0.2) is 42.7 Å². The third kappa shape index (κ3) is 5.27. The number of nitrogens with zero attached hydrogens (tertiary/aromatic N) is 4. The molecular weight excluding hydrogens is 555 g/mol. The lowest BCUT2D eigenvalue weighted by atomic mass is 9.78. The Kier molecular flexibility index (Phi) is 6.76. The van der Waals surface area contributed by atoms with Gasteiger partial charge in [-0.3, -0.25) is 4.79 Å². The number of hydrogen-bond acceptors (Lipinski definition) is 6. The van der Waals surface area contributed by atoms with Gasteiger partial charge in [0.15, 0.2) is 9.84 Å². The molecule has 1 saturated heterocycles. The molecule has 1 amide bonds. The number of carbonyl (C=O) groups is 1. The van der Waals surface area contributed by atoms with E-state index in [2.05, 4.69) is 22.4 Å². The molecule has 1 saturated carbocycles. The van der Waals surface area contributed by atoms with E-state index in [1.807, 2.05) is 6.07 Å². The van der Waals surface area contributed by atoms with Crippen LogP contribution >= 0.6 is 0 Å². The standard InChI is InChI=1S/C29H32F3N5O3S/c1-28(8-4-9-28)33-14-18-11-22-23(24(12-18)29(30,31)32)15-37(27(22)38)21-6-3-5-19(13-21)25(26-35-34-17-36(26)2)20-7-10-41(39,40)16-20/h3,5-6,11-13,17,20,25,33H,4,7-10,14-16H2,1-2H3/t20-,25?/m1/s1. The molecular formula is C29H32F3N5O3S. The Morgan fingerprint density at radius 2 is 1.98 bits per heavy atom. The largest absolute Gasteiger partial charge is 0.416 e. The molecule has 2 aliphatic heterocycles. The highest BCUT2D eigenvalue weighted by atomic mass is 32.2. The highest BCUT2D eigenvalue weighted by Crippen LogP contribution is 2.42. The predicted molar refractivity (Wildman–Crippen MR) is 147 cm³/mol. The summed E-state index contributed by atoms with van der Waals surface area (Å²) in [4.78, 5) is 15.0. The summed E-state index contributed by atoms with van der Waals surface area (Å²) in [6.07, 6.45) is 0.422. The molecule has 0 bridgehead atoms. The maximum atomic E-state index is 14.2. The van der Waals surface area contributed by atoms with Gasteiger partial charge in [0.1, 0.15) is 12.2 Å². The van der Waals surface area contributed by atoms with E-state index in [9.17, 15) is 26.4 Å². The molecule has 1 aromatic heterocycles. The number of amides is 1. The number of nitrogens with one attached hydrogen (secondary N) is 1. The Hall–Kier alpha value is -3.25. The average molecular weight is 588 g/mol. The number of carbonyl (C=O) groups excluding carboxylic acids is 1. The van der Waals surface area contributed by atoms with Crippen molar-refractivity contribution in [1.82, 2.24) is 20.1 Å². The fraction of sp³-hybridized carbons (Fsp3) is 0.483. The van der Waals surface area contributed by atoms with Crippen LogP contribution in [0.2, 0.25) is 0 Å². The summed E-state index contributed by atoms with van der Waals surface area (Å²) in [6, 6.07) is 9.78. The minimum Gasteiger partial charge on any atom is -0.320 e. The third-order valence-electron chi connectivity index (χ3n) is 8.89. The molecule has 0 spiro atoms. The molecule has 8 nitrogen and oxygen atoms in total. The zero-order valence-electron chi connectivity index (χ0n) is 22.9. The van der Waals surface area contributed by atoms with Crippen molar-refractivity contribution in [3.05, 3.63) is 76.4 Å². The van der Waals surface area contributed by atoms with Crippen molar-refractivity contribution < 1.29 is 26.4 Å². The van der Waals surface area contributed by atoms with Crippen LogP contribution in [0.1, 0.15) is 77.0 Å². The number of anilines is 1. The van der Waals surface area contributed by atoms with Gasteiger partial charge in [-0.2, -0.15) is 13.2 Å². The Bertz CT molecular complexity index is 1610. The quantitative estimate of drug-likeness (QED) is 0.434. The van der Waals surface area contributed by atoms with Gasteiger partial charge in [-0.05, 0) is 79.5 Å². The number of aryl methyl sites for hydroxylation is 1. The van der Waals surface area contributed by atoms with Crippen molar-refractivity contribution in [3.8, 4) is 0 Å². The summed E-state index contributed by atoms with van der Waals surface area (Å²) in [7, 11) is -1.41. The van der Waals surface area contributed by atoms with Crippen LogP contribution in [0.3, 0.4) is 0 Å². The summed E-state index contributed by atoms with van der Waals surface area (Å²) in [5.74, 6) is -0.449. The summed E-state index contributed by atoms with van der Waals surface area (Å²) >= 11 is 0. The predicted octanol–water partition coefficient (Wildman–Crippen LogP) is 4.59. The SMILES string of the molecule is Cn1cnnc1C(c1cccc(N2Cc3c(cc(CNC4(C)CCC4)cc3C(F)(F)F)C2=O)c1)[C@@H]1CCS(=O)(=O)C1. The molecule has 218 valence electrons. The molecule has 1 unspecified atom stereocenters. The number of halogens is 3. The molecule has 3 heterocycles. The van der Waals surface area contributed by atoms with Crippen LogP contribution in [0, 0.1) is 5.92 Å². The smallest absolute Gasteiger partial charge is 0.320 e. The van der Waals surface area contributed by atoms with Gasteiger partial charge >= 0.3 is 6.18 Å². The lowest BCUT2D eigenvalue weighted by Crippen LogP contribution is -2.47. The first kappa shape index (κ1) is 27.9.